The highest BCUT2D eigenvalue weighted by Crippen LogP contribution is 2.31. The molecule has 32 heavy (non-hydrogen) atoms. The van der Waals surface area contributed by atoms with Crippen LogP contribution < -0.4 is 25.5 Å². The lowest BCUT2D eigenvalue weighted by molar-refractivity contribution is -0.703. The number of anilines is 2. The van der Waals surface area contributed by atoms with Crippen molar-refractivity contribution >= 4 is 22.7 Å². The van der Waals surface area contributed by atoms with Crippen molar-refractivity contribution in [3.63, 3.8) is 0 Å². The Kier molecular flexibility index (Phi) is 5.45. The van der Waals surface area contributed by atoms with E-state index in [1.165, 1.54) is 6.07 Å². The number of hydrogen-bond acceptors (Lipinski definition) is 5. The molecule has 2 unspecified atom stereocenters. The predicted octanol–water partition coefficient (Wildman–Crippen LogP) is 3.96. The van der Waals surface area contributed by atoms with Gasteiger partial charge in [0, 0.05) is 22.5 Å². The second-order valence-electron chi connectivity index (χ2n) is 7.92. The fraction of sp³-hybridized carbons (Fsp3) is 0.208. The lowest BCUT2D eigenvalue weighted by Crippen LogP contribution is -2.36. The topological polar surface area (TPSA) is 79.3 Å². The van der Waals surface area contributed by atoms with Crippen LogP contribution in [0.1, 0.15) is 16.5 Å². The molecule has 0 saturated heterocycles. The van der Waals surface area contributed by atoms with Crippen LogP contribution in [0.25, 0.3) is 0 Å². The summed E-state index contributed by atoms with van der Waals surface area (Å²) in [6.07, 6.45) is 6.53. The summed E-state index contributed by atoms with van der Waals surface area (Å²) in [4.78, 5) is 1.11. The Morgan fingerprint density at radius 1 is 1.22 bits per heavy atom. The van der Waals surface area contributed by atoms with Crippen LogP contribution in [-0.2, 0) is 19.5 Å². The maximum Gasteiger partial charge on any atom is 0.244 e. The largest absolute Gasteiger partial charge is 0.486 e. The first-order chi connectivity index (χ1) is 15.5. The molecule has 0 saturated carbocycles. The molecule has 1 aliphatic heterocycles. The van der Waals surface area contributed by atoms with Crippen LogP contribution >= 0.6 is 11.3 Å². The smallest absolute Gasteiger partial charge is 0.244 e. The van der Waals surface area contributed by atoms with Crippen molar-refractivity contribution in [2.24, 2.45) is 0 Å². The molecule has 164 valence electrons. The molecule has 3 heterocycles. The minimum Gasteiger partial charge on any atom is -0.486 e. The van der Waals surface area contributed by atoms with E-state index in [1.54, 1.807) is 41.7 Å². The van der Waals surface area contributed by atoms with Gasteiger partial charge in [-0.05, 0) is 47.8 Å². The second-order valence-corrected chi connectivity index (χ2v) is 8.90. The highest BCUT2D eigenvalue weighted by atomic mass is 32.1. The fourth-order valence-electron chi connectivity index (χ4n) is 3.96. The molecule has 5 rings (SSSR count). The predicted molar refractivity (Wildman–Crippen MR) is 122 cm³/mol. The van der Waals surface area contributed by atoms with Crippen molar-refractivity contribution in [1.82, 2.24) is 4.57 Å². The first-order valence-electron chi connectivity index (χ1n) is 10.4. The van der Waals surface area contributed by atoms with Gasteiger partial charge in [-0.2, -0.15) is 0 Å². The quantitative estimate of drug-likeness (QED) is 0.329. The van der Waals surface area contributed by atoms with E-state index in [2.05, 4.69) is 15.2 Å². The Morgan fingerprint density at radius 3 is 2.94 bits per heavy atom. The van der Waals surface area contributed by atoms with Crippen LogP contribution in [0.15, 0.2) is 72.6 Å². The Hall–Kier alpha value is -3.52. The number of nitrogens with zero attached hydrogens (tertiary/aromatic N) is 2. The third-order valence-corrected chi connectivity index (χ3v) is 6.43. The molecule has 2 aromatic heterocycles. The molecule has 0 aliphatic carbocycles. The first kappa shape index (κ1) is 20.4. The second kappa shape index (κ2) is 8.55. The zero-order chi connectivity index (χ0) is 22.1. The number of nitrogen functional groups attached to an aromatic ring is 2. The van der Waals surface area contributed by atoms with Crippen LogP contribution in [0, 0.1) is 5.82 Å². The minimum absolute atomic E-state index is 0.0217. The van der Waals surface area contributed by atoms with Gasteiger partial charge in [0.1, 0.15) is 48.9 Å². The standard InChI is InChI=1S/C24H24FN4O2S/c25-17-3-5-21-16(10-17)11-19(30-21)13-28-7-8-29(15-28)14-23(24-2-1-9-32-24)31-22-6-4-18(26)12-20(22)27/h1-10,12,15,19,23H,11,13-14,26-27H2/q+1. The summed E-state index contributed by atoms with van der Waals surface area (Å²) >= 11 is 1.64. The van der Waals surface area contributed by atoms with Crippen molar-refractivity contribution < 1.29 is 18.4 Å². The third-order valence-electron chi connectivity index (χ3n) is 5.46. The van der Waals surface area contributed by atoms with Gasteiger partial charge >= 0.3 is 0 Å². The van der Waals surface area contributed by atoms with Crippen molar-refractivity contribution in [2.45, 2.75) is 31.7 Å². The van der Waals surface area contributed by atoms with E-state index in [1.807, 2.05) is 30.2 Å². The molecule has 2 atom stereocenters. The van der Waals surface area contributed by atoms with E-state index in [9.17, 15) is 4.39 Å². The molecular weight excluding hydrogens is 427 g/mol. The molecule has 2 aromatic carbocycles. The number of halogens is 1. The summed E-state index contributed by atoms with van der Waals surface area (Å²) in [6, 6.07) is 14.0. The van der Waals surface area contributed by atoms with E-state index in [4.69, 9.17) is 20.9 Å². The Morgan fingerprint density at radius 2 is 2.12 bits per heavy atom. The van der Waals surface area contributed by atoms with Crippen LogP contribution in [0.5, 0.6) is 11.5 Å². The lowest BCUT2D eigenvalue weighted by Gasteiger charge is -2.18. The monoisotopic (exact) mass is 451 g/mol. The molecule has 6 nitrogen and oxygen atoms in total. The van der Waals surface area contributed by atoms with E-state index in [0.29, 0.717) is 36.6 Å². The van der Waals surface area contributed by atoms with Gasteiger partial charge in [0.2, 0.25) is 6.33 Å². The Bertz CT molecular complexity index is 1220. The number of rotatable bonds is 7. The van der Waals surface area contributed by atoms with Crippen molar-refractivity contribution in [3.8, 4) is 11.5 Å². The van der Waals surface area contributed by atoms with Gasteiger partial charge in [-0.15, -0.1) is 11.3 Å². The number of imidazole rings is 1. The summed E-state index contributed by atoms with van der Waals surface area (Å²) < 4.78 is 29.9. The molecular formula is C24H24FN4O2S+. The van der Waals surface area contributed by atoms with Crippen LogP contribution in [0.4, 0.5) is 15.8 Å². The number of nitrogens with two attached hydrogens (primary N) is 2. The molecule has 4 N–H and O–H groups in total. The molecule has 8 heteroatoms. The Labute approximate surface area is 189 Å². The molecule has 0 amide bonds. The fourth-order valence-corrected chi connectivity index (χ4v) is 4.71. The highest BCUT2D eigenvalue weighted by Gasteiger charge is 2.26. The number of fused-ring (bicyclic) bond motifs is 1. The van der Waals surface area contributed by atoms with Crippen LogP contribution in [-0.4, -0.2) is 10.7 Å². The number of benzene rings is 2. The van der Waals surface area contributed by atoms with Gasteiger partial charge in [0.25, 0.3) is 0 Å². The molecule has 1 aliphatic rings. The normalized spacial score (nSPS) is 15.8. The summed E-state index contributed by atoms with van der Waals surface area (Å²) in [5.74, 6) is 1.15. The van der Waals surface area contributed by atoms with Gasteiger partial charge in [0.15, 0.2) is 6.10 Å². The van der Waals surface area contributed by atoms with Gasteiger partial charge in [-0.3, -0.25) is 0 Å². The average molecular weight is 452 g/mol. The van der Waals surface area contributed by atoms with Crippen molar-refractivity contribution in [3.05, 3.63) is 88.9 Å². The average Bonchev–Trinajstić information content (AvgIpc) is 3.50. The number of hydrogen-bond donors (Lipinski definition) is 2. The maximum atomic E-state index is 13.5. The number of ether oxygens (including phenoxy) is 2. The first-order valence-corrected chi connectivity index (χ1v) is 11.3. The van der Waals surface area contributed by atoms with Gasteiger partial charge in [-0.1, -0.05) is 6.07 Å². The van der Waals surface area contributed by atoms with E-state index >= 15 is 0 Å². The maximum absolute atomic E-state index is 13.5. The molecule has 0 radical (unpaired) electrons. The lowest BCUT2D eigenvalue weighted by atomic mass is 10.1. The van der Waals surface area contributed by atoms with E-state index in [0.717, 1.165) is 16.2 Å². The van der Waals surface area contributed by atoms with E-state index < -0.39 is 0 Å². The third kappa shape index (κ3) is 4.40. The van der Waals surface area contributed by atoms with E-state index in [-0.39, 0.29) is 18.0 Å². The zero-order valence-corrected chi connectivity index (χ0v) is 18.2. The minimum atomic E-state index is -0.229. The number of aromatic nitrogens is 2. The molecule has 4 aromatic rings. The van der Waals surface area contributed by atoms with Gasteiger partial charge in [0.05, 0.1) is 5.69 Å². The summed E-state index contributed by atoms with van der Waals surface area (Å²) in [5.41, 5.74) is 14.0. The van der Waals surface area contributed by atoms with Gasteiger partial charge < -0.3 is 20.9 Å². The van der Waals surface area contributed by atoms with Gasteiger partial charge in [-0.25, -0.2) is 13.5 Å². The van der Waals surface area contributed by atoms with Crippen molar-refractivity contribution in [2.75, 3.05) is 11.5 Å². The van der Waals surface area contributed by atoms with Crippen LogP contribution in [0.3, 0.4) is 0 Å². The number of thiophene rings is 1. The van der Waals surface area contributed by atoms with Crippen LogP contribution in [0.2, 0.25) is 0 Å². The Balaban J connectivity index is 1.28. The van der Waals surface area contributed by atoms with Crippen molar-refractivity contribution in [1.29, 1.82) is 0 Å². The highest BCUT2D eigenvalue weighted by molar-refractivity contribution is 7.10. The SMILES string of the molecule is Nc1ccc(OC(C[n+]2ccn(CC3Cc4cc(F)ccc4O3)c2)c2cccs2)c(N)c1. The summed E-state index contributed by atoms with van der Waals surface area (Å²) in [6.45, 7) is 1.30. The summed E-state index contributed by atoms with van der Waals surface area (Å²) in [7, 11) is 0. The molecule has 0 spiro atoms. The molecule has 0 fully saturated rings. The zero-order valence-electron chi connectivity index (χ0n) is 17.4. The summed E-state index contributed by atoms with van der Waals surface area (Å²) in [5, 5.41) is 2.03. The molecule has 0 bridgehead atoms.